The Morgan fingerprint density at radius 2 is 0.629 bits per heavy atom. The predicted molar refractivity (Wildman–Crippen MR) is 557 cm³/mol. The normalized spacial score (nSPS) is 19.0. The molecule has 4 bridgehead atoms. The Bertz CT molecular complexity index is 7790. The van der Waals surface area contributed by atoms with Gasteiger partial charge in [0, 0.05) is 164 Å². The molecule has 0 spiro atoms. The number of aromatic nitrogens is 4. The highest BCUT2D eigenvalue weighted by atomic mass is 15.5. The Labute approximate surface area is 774 Å². The molecule has 0 saturated carbocycles. The van der Waals surface area contributed by atoms with Crippen LogP contribution in [0.3, 0.4) is 0 Å². The average Bonchev–Trinajstić information content (AvgIpc) is 1.54. The minimum Gasteiger partial charge on any atom is -0.354 e. The molecule has 10 heterocycles. The molecule has 12 heteroatoms. The molecular weight excluding hydrogens is 1610 g/mol. The summed E-state index contributed by atoms with van der Waals surface area (Å²) in [5.41, 5.74) is 36.3. The Morgan fingerprint density at radius 1 is 0.265 bits per heavy atom. The third kappa shape index (κ3) is 13.7. The zero-order chi connectivity index (χ0) is 89.3. The van der Waals surface area contributed by atoms with E-state index in [1.807, 2.05) is 0 Å². The molecule has 3 fully saturated rings. The largest absolute Gasteiger partial charge is 0.354 e. The van der Waals surface area contributed by atoms with E-state index >= 15 is 0 Å². The van der Waals surface area contributed by atoms with Crippen molar-refractivity contribution in [3.05, 3.63) is 403 Å². The first-order valence-electron chi connectivity index (χ1n) is 47.5. The highest BCUT2D eigenvalue weighted by Crippen LogP contribution is 2.51. The van der Waals surface area contributed by atoms with Gasteiger partial charge in [0.25, 0.3) is 0 Å². The van der Waals surface area contributed by atoms with Crippen molar-refractivity contribution in [2.75, 3.05) is 69.7 Å². The number of benzene rings is 16. The minimum atomic E-state index is 0.128. The molecule has 0 N–H and O–H groups in total. The molecule has 0 amide bonds. The summed E-state index contributed by atoms with van der Waals surface area (Å²) in [6.45, 7) is 24.0. The molecule has 26 rings (SSSR count). The second-order valence-electron chi connectivity index (χ2n) is 37.4. The maximum Gasteiger partial charge on any atom is 0.103 e. The van der Waals surface area contributed by atoms with Gasteiger partial charge in [-0.3, -0.25) is 9.80 Å². The smallest absolute Gasteiger partial charge is 0.103 e. The first-order valence-corrected chi connectivity index (χ1v) is 47.5. The van der Waals surface area contributed by atoms with Crippen LogP contribution in [-0.2, 0) is 13.0 Å². The Hall–Kier alpha value is -14.6. The van der Waals surface area contributed by atoms with Gasteiger partial charge in [0.15, 0.2) is 0 Å². The lowest BCUT2D eigenvalue weighted by molar-refractivity contribution is 0.244. The first-order chi connectivity index (χ1) is 64.7. The van der Waals surface area contributed by atoms with Crippen molar-refractivity contribution in [3.8, 4) is 33.9 Å². The van der Waals surface area contributed by atoms with E-state index in [1.54, 1.807) is 0 Å². The number of para-hydroxylation sites is 11. The van der Waals surface area contributed by atoms with Crippen LogP contribution in [0.4, 0.5) is 39.8 Å². The Balaban J connectivity index is 0.000000100. The van der Waals surface area contributed by atoms with Gasteiger partial charge in [0.05, 0.1) is 74.4 Å². The number of aryl methyl sites for hydroxylation is 4. The topological polar surface area (TPSA) is 45.6 Å². The zero-order valence-electron chi connectivity index (χ0n) is 77.1. The van der Waals surface area contributed by atoms with Crippen LogP contribution in [0.1, 0.15) is 85.5 Å². The van der Waals surface area contributed by atoms with Crippen molar-refractivity contribution in [2.45, 2.75) is 118 Å². The Kier molecular flexibility index (Phi) is 20.7. The lowest BCUT2D eigenvalue weighted by atomic mass is 9.96. The molecule has 6 aliphatic rings. The number of fused-ring (bicyclic) bond motifs is 22. The molecular formula is C120H112N12. The molecule has 8 atom stereocenters. The summed E-state index contributed by atoms with van der Waals surface area (Å²) < 4.78 is 9.61. The molecule has 16 aromatic carbocycles. The maximum atomic E-state index is 2.69. The van der Waals surface area contributed by atoms with Crippen molar-refractivity contribution >= 4 is 127 Å². The summed E-state index contributed by atoms with van der Waals surface area (Å²) in [5, 5.41) is 10.5. The van der Waals surface area contributed by atoms with Crippen molar-refractivity contribution in [3.63, 3.8) is 0 Å². The highest BCUT2D eigenvalue weighted by Gasteiger charge is 2.44. The predicted octanol–water partition coefficient (Wildman–Crippen LogP) is 28.2. The summed E-state index contributed by atoms with van der Waals surface area (Å²) >= 11 is 0. The number of nitrogens with zero attached hydrogens (tertiary/aromatic N) is 12. The number of hydrogen-bond acceptors (Lipinski definition) is 8. The van der Waals surface area contributed by atoms with Crippen LogP contribution < -0.4 is 29.4 Å². The van der Waals surface area contributed by atoms with E-state index < -0.39 is 0 Å². The summed E-state index contributed by atoms with van der Waals surface area (Å²) in [4.78, 5) is 20.5. The molecule has 132 heavy (non-hydrogen) atoms. The SMILES string of the molecule is Cc1cc2c(cc1N1C3CCCN(C3)C1C)c1ccccc1n2-c1ccccc1.Cc1cc2c(cc1N1C3CN(Cc4ccccc43)C1C)c1ccccc1n2-c1ccccc1.Cc1cc2c(cc1N1CCc3ccccc3N(C)C1C)c1ccccc1n2-c1ccccc1.Cc1cc2c(cc1N1c3ccccc3-c3ccccc3N(C)C1C)c1ccccc1n2-c1ccccc1. The van der Waals surface area contributed by atoms with Crippen LogP contribution in [-0.4, -0.2) is 99.0 Å². The number of anilines is 7. The Morgan fingerprint density at radius 3 is 1.11 bits per heavy atom. The summed E-state index contributed by atoms with van der Waals surface area (Å²) in [5.74, 6) is 0. The van der Waals surface area contributed by atoms with Gasteiger partial charge in [0.2, 0.25) is 0 Å². The lowest BCUT2D eigenvalue weighted by Gasteiger charge is -2.37. The maximum absolute atomic E-state index is 2.69. The molecule has 6 aliphatic heterocycles. The van der Waals surface area contributed by atoms with E-state index in [2.05, 4.69) is 491 Å². The summed E-state index contributed by atoms with van der Waals surface area (Å²) in [6.07, 6.45) is 4.94. The van der Waals surface area contributed by atoms with E-state index in [0.717, 1.165) is 26.1 Å². The van der Waals surface area contributed by atoms with Crippen molar-refractivity contribution < 1.29 is 0 Å². The van der Waals surface area contributed by atoms with Gasteiger partial charge in [-0.05, 0) is 253 Å². The third-order valence-corrected chi connectivity index (χ3v) is 30.0. The fourth-order valence-electron chi connectivity index (χ4n) is 23.4. The summed E-state index contributed by atoms with van der Waals surface area (Å²) in [7, 11) is 4.43. The van der Waals surface area contributed by atoms with Gasteiger partial charge in [-0.25, -0.2) is 0 Å². The average molecular weight is 1720 g/mol. The van der Waals surface area contributed by atoms with Crippen molar-refractivity contribution in [1.82, 2.24) is 28.1 Å². The molecule has 12 nitrogen and oxygen atoms in total. The van der Waals surface area contributed by atoms with Gasteiger partial charge < -0.3 is 47.7 Å². The van der Waals surface area contributed by atoms with Crippen molar-refractivity contribution in [1.29, 1.82) is 0 Å². The molecule has 8 unspecified atom stereocenters. The summed E-state index contributed by atoms with van der Waals surface area (Å²) in [6, 6.07) is 134. The fraction of sp³-hybridized carbons (Fsp3) is 0.200. The van der Waals surface area contributed by atoms with Gasteiger partial charge >= 0.3 is 0 Å². The quantitative estimate of drug-likeness (QED) is 0.149. The lowest BCUT2D eigenvalue weighted by Crippen LogP contribution is -2.44. The fourth-order valence-corrected chi connectivity index (χ4v) is 23.4. The van der Waals surface area contributed by atoms with E-state index in [1.165, 1.54) is 226 Å². The van der Waals surface area contributed by atoms with E-state index in [0.29, 0.717) is 24.4 Å². The molecule has 3 saturated heterocycles. The number of hydrogen-bond donors (Lipinski definition) is 0. The van der Waals surface area contributed by atoms with Crippen LogP contribution >= 0.6 is 0 Å². The standard InChI is InChI=1S/C34H29N3.C30H27N3.C30H29N3.C26H27N3/c1-23-21-34-29(28-17-9-12-20-32(28)37(34)25-13-5-4-6-14-25)22-33(23)36-24(2)35(3)30-18-10-7-15-26(30)27-16-8-11-19-31(27)36;1-20-16-29-26(25-14-8-9-15-27(25)33(29)23-11-4-3-5-12-23)17-28(20)32-21(2)31-18-22-10-6-7-13-24(22)30(32)19-31;1-21-19-30-26(25-14-8-10-16-28(25)33(30)24-12-5-4-6-13-24)20-29(21)32-18-17-23-11-7-9-15-27(23)31(3)22(32)2;1-18-15-26-23(16-25(18)28-19(2)27-14-8-11-21(28)17-27)22-12-6-7-13-24(22)29(26)20-9-4-3-5-10-20/h4-22,24H,1-3H3;3-17,21,30H,18-19H2,1-2H3;4-16,19-20,22H,17-18H2,1-3H3;3-7,9-10,12-13,15-16,19,21H,8,11,14,17H2,1-2H3. The van der Waals surface area contributed by atoms with Crippen molar-refractivity contribution in [2.24, 2.45) is 0 Å². The molecule has 4 aromatic heterocycles. The third-order valence-electron chi connectivity index (χ3n) is 30.0. The van der Waals surface area contributed by atoms with E-state index in [4.69, 9.17) is 0 Å². The monoisotopic (exact) mass is 1720 g/mol. The van der Waals surface area contributed by atoms with Crippen LogP contribution in [0, 0.1) is 27.7 Å². The van der Waals surface area contributed by atoms with E-state index in [-0.39, 0.29) is 12.3 Å². The second-order valence-corrected chi connectivity index (χ2v) is 37.4. The number of rotatable bonds is 8. The molecule has 0 aliphatic carbocycles. The van der Waals surface area contributed by atoms with Gasteiger partial charge in [-0.2, -0.15) is 0 Å². The van der Waals surface area contributed by atoms with Crippen LogP contribution in [0.5, 0.6) is 0 Å². The van der Waals surface area contributed by atoms with Crippen LogP contribution in [0.25, 0.3) is 121 Å². The van der Waals surface area contributed by atoms with Gasteiger partial charge in [0.1, 0.15) is 6.17 Å². The van der Waals surface area contributed by atoms with Gasteiger partial charge in [-0.15, -0.1) is 0 Å². The second kappa shape index (κ2) is 33.4. The highest BCUT2D eigenvalue weighted by molar-refractivity contribution is 6.15. The number of piperidine rings is 1. The molecule has 0 radical (unpaired) electrons. The minimum absolute atomic E-state index is 0.128. The van der Waals surface area contributed by atoms with Gasteiger partial charge in [-0.1, -0.05) is 224 Å². The molecule has 652 valence electrons. The van der Waals surface area contributed by atoms with Crippen LogP contribution in [0.15, 0.2) is 364 Å². The van der Waals surface area contributed by atoms with E-state index in [9.17, 15) is 0 Å². The molecule has 20 aromatic rings. The van der Waals surface area contributed by atoms with Crippen LogP contribution in [0.2, 0.25) is 0 Å². The zero-order valence-corrected chi connectivity index (χ0v) is 77.1. The first kappa shape index (κ1) is 81.9.